The molecule has 9 heteroatoms. The van der Waals surface area contributed by atoms with Crippen LogP contribution in [0, 0.1) is 6.92 Å². The number of carbonyl (C=O) groups excluding carboxylic acids is 2. The van der Waals surface area contributed by atoms with Gasteiger partial charge in [-0.1, -0.05) is 34.5 Å². The van der Waals surface area contributed by atoms with Crippen LogP contribution in [-0.2, 0) is 16.1 Å². The van der Waals surface area contributed by atoms with Crippen molar-refractivity contribution in [2.75, 3.05) is 11.9 Å². The SMILES string of the molecule is Cc1csc(=O)n1CC(=O)NCC(=O)Nc1cc(Cl)ccc1Cl. The zero-order chi connectivity index (χ0) is 17.0. The van der Waals surface area contributed by atoms with Crippen molar-refractivity contribution < 1.29 is 9.59 Å². The second-order valence-corrected chi connectivity index (χ2v) is 6.34. The summed E-state index contributed by atoms with van der Waals surface area (Å²) in [5, 5.41) is 7.44. The normalized spacial score (nSPS) is 10.4. The van der Waals surface area contributed by atoms with E-state index in [4.69, 9.17) is 23.2 Å². The van der Waals surface area contributed by atoms with Crippen LogP contribution in [0.2, 0.25) is 10.0 Å². The number of aryl methyl sites for hydroxylation is 1. The number of thiazole rings is 1. The molecule has 2 amide bonds. The molecule has 122 valence electrons. The second kappa shape index (κ2) is 7.63. The zero-order valence-corrected chi connectivity index (χ0v) is 14.4. The Hall–Kier alpha value is -1.83. The lowest BCUT2D eigenvalue weighted by Crippen LogP contribution is -2.36. The van der Waals surface area contributed by atoms with E-state index in [1.54, 1.807) is 24.4 Å². The van der Waals surface area contributed by atoms with Gasteiger partial charge in [0, 0.05) is 16.1 Å². The van der Waals surface area contributed by atoms with Crippen molar-refractivity contribution >= 4 is 52.0 Å². The minimum absolute atomic E-state index is 0.126. The van der Waals surface area contributed by atoms with Gasteiger partial charge in [-0.2, -0.15) is 0 Å². The lowest BCUT2D eigenvalue weighted by atomic mass is 10.3. The number of anilines is 1. The molecule has 0 saturated carbocycles. The first-order chi connectivity index (χ1) is 10.9. The molecule has 1 heterocycles. The van der Waals surface area contributed by atoms with Crippen molar-refractivity contribution in [3.63, 3.8) is 0 Å². The lowest BCUT2D eigenvalue weighted by Gasteiger charge is -2.09. The number of hydrogen-bond acceptors (Lipinski definition) is 4. The number of nitrogens with zero attached hydrogens (tertiary/aromatic N) is 1. The van der Waals surface area contributed by atoms with Gasteiger partial charge in [-0.3, -0.25) is 19.0 Å². The number of halogens is 2. The predicted octanol–water partition coefficient (Wildman–Crippen LogP) is 2.28. The van der Waals surface area contributed by atoms with Gasteiger partial charge >= 0.3 is 4.87 Å². The molecule has 1 aromatic heterocycles. The Labute approximate surface area is 146 Å². The number of nitrogens with one attached hydrogen (secondary N) is 2. The Bertz CT molecular complexity index is 801. The van der Waals surface area contributed by atoms with E-state index < -0.39 is 11.8 Å². The highest BCUT2D eigenvalue weighted by Crippen LogP contribution is 2.25. The van der Waals surface area contributed by atoms with Gasteiger partial charge in [-0.15, -0.1) is 0 Å². The third-order valence-corrected chi connectivity index (χ3v) is 4.37. The van der Waals surface area contributed by atoms with Crippen LogP contribution in [0.25, 0.3) is 0 Å². The monoisotopic (exact) mass is 373 g/mol. The van der Waals surface area contributed by atoms with E-state index in [-0.39, 0.29) is 18.0 Å². The third-order valence-electron chi connectivity index (χ3n) is 2.93. The van der Waals surface area contributed by atoms with E-state index in [9.17, 15) is 14.4 Å². The van der Waals surface area contributed by atoms with Crippen LogP contribution in [0.4, 0.5) is 5.69 Å². The summed E-state index contributed by atoms with van der Waals surface area (Å²) in [7, 11) is 0. The van der Waals surface area contributed by atoms with E-state index in [1.165, 1.54) is 10.6 Å². The summed E-state index contributed by atoms with van der Waals surface area (Å²) < 4.78 is 1.34. The first-order valence-corrected chi connectivity index (χ1v) is 8.17. The minimum atomic E-state index is -0.447. The van der Waals surface area contributed by atoms with Crippen molar-refractivity contribution in [3.8, 4) is 0 Å². The lowest BCUT2D eigenvalue weighted by molar-refractivity contribution is -0.124. The van der Waals surface area contributed by atoms with Crippen LogP contribution >= 0.6 is 34.5 Å². The maximum atomic E-state index is 11.8. The average Bonchev–Trinajstić information content (AvgIpc) is 2.81. The van der Waals surface area contributed by atoms with Crippen LogP contribution in [0.15, 0.2) is 28.4 Å². The van der Waals surface area contributed by atoms with Gasteiger partial charge in [0.15, 0.2) is 0 Å². The smallest absolute Gasteiger partial charge is 0.307 e. The van der Waals surface area contributed by atoms with Crippen LogP contribution < -0.4 is 15.5 Å². The number of amides is 2. The van der Waals surface area contributed by atoms with Gasteiger partial charge < -0.3 is 10.6 Å². The molecule has 2 rings (SSSR count). The molecule has 1 aromatic carbocycles. The van der Waals surface area contributed by atoms with Crippen molar-refractivity contribution in [1.29, 1.82) is 0 Å². The first-order valence-electron chi connectivity index (χ1n) is 6.53. The molecule has 2 N–H and O–H groups in total. The molecule has 0 fully saturated rings. The molecule has 0 atom stereocenters. The minimum Gasteiger partial charge on any atom is -0.345 e. The Kier molecular flexibility index (Phi) is 5.81. The average molecular weight is 374 g/mol. The maximum Gasteiger partial charge on any atom is 0.307 e. The molecule has 23 heavy (non-hydrogen) atoms. The summed E-state index contributed by atoms with van der Waals surface area (Å²) in [5.41, 5.74) is 1.06. The van der Waals surface area contributed by atoms with Gasteiger partial charge in [-0.05, 0) is 25.1 Å². The summed E-state index contributed by atoms with van der Waals surface area (Å²) in [5.74, 6) is -0.877. The fourth-order valence-corrected chi connectivity index (χ4v) is 2.83. The van der Waals surface area contributed by atoms with Crippen LogP contribution in [-0.4, -0.2) is 22.9 Å². The molecular formula is C14H13Cl2N3O3S. The molecule has 0 aliphatic heterocycles. The van der Waals surface area contributed by atoms with Crippen molar-refractivity contribution in [1.82, 2.24) is 9.88 Å². The number of aromatic nitrogens is 1. The Morgan fingerprint density at radius 2 is 2.00 bits per heavy atom. The topological polar surface area (TPSA) is 80.2 Å². The number of hydrogen-bond donors (Lipinski definition) is 2. The van der Waals surface area contributed by atoms with Gasteiger partial charge in [0.2, 0.25) is 11.8 Å². The Morgan fingerprint density at radius 1 is 1.26 bits per heavy atom. The van der Waals surface area contributed by atoms with Gasteiger partial charge in [0.1, 0.15) is 6.54 Å². The van der Waals surface area contributed by atoms with Gasteiger partial charge in [-0.25, -0.2) is 0 Å². The summed E-state index contributed by atoms with van der Waals surface area (Å²) >= 11 is 12.8. The summed E-state index contributed by atoms with van der Waals surface area (Å²) in [6, 6.07) is 4.67. The first kappa shape index (κ1) is 17.5. The number of rotatable bonds is 5. The number of benzene rings is 1. The maximum absolute atomic E-state index is 11.8. The van der Waals surface area contributed by atoms with E-state index in [1.807, 2.05) is 0 Å². The second-order valence-electron chi connectivity index (χ2n) is 4.68. The van der Waals surface area contributed by atoms with Gasteiger partial charge in [0.05, 0.1) is 17.3 Å². The molecule has 0 aliphatic rings. The standard InChI is InChI=1S/C14H13Cl2N3O3S/c1-8-7-23-14(22)19(8)6-13(21)17-5-12(20)18-11-4-9(15)2-3-10(11)16/h2-4,7H,5-6H2,1H3,(H,17,21)(H,18,20). The quantitative estimate of drug-likeness (QED) is 0.843. The predicted molar refractivity (Wildman–Crippen MR) is 91.4 cm³/mol. The summed E-state index contributed by atoms with van der Waals surface area (Å²) in [6.07, 6.45) is 0. The summed E-state index contributed by atoms with van der Waals surface area (Å²) in [6.45, 7) is 1.37. The highest BCUT2D eigenvalue weighted by molar-refractivity contribution is 7.07. The van der Waals surface area contributed by atoms with Crippen LogP contribution in [0.3, 0.4) is 0 Å². The van der Waals surface area contributed by atoms with Crippen molar-refractivity contribution in [2.24, 2.45) is 0 Å². The highest BCUT2D eigenvalue weighted by Gasteiger charge is 2.11. The molecule has 0 radical (unpaired) electrons. The molecule has 0 bridgehead atoms. The van der Waals surface area contributed by atoms with E-state index in [0.29, 0.717) is 21.4 Å². The fraction of sp³-hybridized carbons (Fsp3) is 0.214. The van der Waals surface area contributed by atoms with Crippen LogP contribution in [0.5, 0.6) is 0 Å². The molecule has 0 spiro atoms. The molecular weight excluding hydrogens is 361 g/mol. The molecule has 2 aromatic rings. The van der Waals surface area contributed by atoms with E-state index in [0.717, 1.165) is 11.3 Å². The zero-order valence-electron chi connectivity index (χ0n) is 12.1. The fourth-order valence-electron chi connectivity index (χ4n) is 1.76. The van der Waals surface area contributed by atoms with E-state index >= 15 is 0 Å². The largest absolute Gasteiger partial charge is 0.345 e. The van der Waals surface area contributed by atoms with E-state index in [2.05, 4.69) is 10.6 Å². The molecule has 0 aliphatic carbocycles. The van der Waals surface area contributed by atoms with Crippen molar-refractivity contribution in [2.45, 2.75) is 13.5 Å². The van der Waals surface area contributed by atoms with Crippen LogP contribution in [0.1, 0.15) is 5.69 Å². The number of carbonyl (C=O) groups is 2. The highest BCUT2D eigenvalue weighted by atomic mass is 35.5. The van der Waals surface area contributed by atoms with Crippen molar-refractivity contribution in [3.05, 3.63) is 49.0 Å². The molecule has 6 nitrogen and oxygen atoms in total. The Morgan fingerprint density at radius 3 is 2.65 bits per heavy atom. The molecule has 0 saturated heterocycles. The van der Waals surface area contributed by atoms with Gasteiger partial charge in [0.25, 0.3) is 0 Å². The Balaban J connectivity index is 1.88. The summed E-state index contributed by atoms with van der Waals surface area (Å²) in [4.78, 5) is 34.9. The third kappa shape index (κ3) is 4.82. The molecule has 0 unspecified atom stereocenters.